The quantitative estimate of drug-likeness (QED) is 0.852. The number of rotatable bonds is 4. The van der Waals surface area contributed by atoms with Crippen molar-refractivity contribution in [3.8, 4) is 0 Å². The zero-order valence-corrected chi connectivity index (χ0v) is 13.5. The van der Waals surface area contributed by atoms with Crippen molar-refractivity contribution in [1.82, 2.24) is 14.7 Å². The van der Waals surface area contributed by atoms with Gasteiger partial charge in [0.15, 0.2) is 0 Å². The van der Waals surface area contributed by atoms with Gasteiger partial charge in [-0.05, 0) is 19.8 Å². The van der Waals surface area contributed by atoms with Gasteiger partial charge in [0.25, 0.3) is 5.56 Å². The summed E-state index contributed by atoms with van der Waals surface area (Å²) in [5, 5.41) is 3.89. The molecule has 116 valence electrons. The molecule has 1 aromatic rings. The number of carbonyl (C=O) groups excluding carboxylic acids is 1. The largest absolute Gasteiger partial charge is 0.338 e. The molecule has 2 rings (SSSR count). The third kappa shape index (κ3) is 3.77. The Bertz CT molecular complexity index is 568. The molecule has 0 unspecified atom stereocenters. The van der Waals surface area contributed by atoms with Gasteiger partial charge in [0.05, 0.1) is 11.2 Å². The third-order valence-electron chi connectivity index (χ3n) is 3.90. The molecule has 1 aliphatic rings. The van der Waals surface area contributed by atoms with E-state index in [-0.39, 0.29) is 28.5 Å². The minimum atomic E-state index is -0.530. The van der Waals surface area contributed by atoms with E-state index in [9.17, 15) is 9.59 Å². The van der Waals surface area contributed by atoms with E-state index in [1.54, 1.807) is 0 Å². The molecule has 5 nitrogen and oxygen atoms in total. The minimum absolute atomic E-state index is 0.0971. The number of nitrogens with zero attached hydrogens (tertiary/aromatic N) is 3. The second-order valence-electron chi connectivity index (χ2n) is 5.24. The highest BCUT2D eigenvalue weighted by atomic mass is 35.5. The van der Waals surface area contributed by atoms with Crippen molar-refractivity contribution in [2.24, 2.45) is 0 Å². The smallest absolute Gasteiger partial charge is 0.287 e. The van der Waals surface area contributed by atoms with Crippen molar-refractivity contribution in [3.05, 3.63) is 26.6 Å². The number of carbonyl (C=O) groups is 1. The molecule has 0 spiro atoms. The van der Waals surface area contributed by atoms with E-state index < -0.39 is 5.56 Å². The number of likely N-dealkylation sites (N-methyl/N-ethyl adjacent to an activating group) is 1. The average Bonchev–Trinajstić information content (AvgIpc) is 2.50. The predicted molar refractivity (Wildman–Crippen MR) is 82.8 cm³/mol. The molecule has 0 aromatic carbocycles. The number of hydrogen-bond acceptors (Lipinski definition) is 3. The van der Waals surface area contributed by atoms with Gasteiger partial charge in [-0.2, -0.15) is 5.10 Å². The van der Waals surface area contributed by atoms with Crippen molar-refractivity contribution in [2.75, 3.05) is 6.54 Å². The molecular weight excluding hydrogens is 313 g/mol. The van der Waals surface area contributed by atoms with Crippen LogP contribution in [0, 0.1) is 0 Å². The normalized spacial score (nSPS) is 16.0. The fourth-order valence-corrected chi connectivity index (χ4v) is 3.08. The zero-order valence-electron chi connectivity index (χ0n) is 12.0. The van der Waals surface area contributed by atoms with Gasteiger partial charge < -0.3 is 4.90 Å². The molecule has 1 saturated carbocycles. The van der Waals surface area contributed by atoms with Crippen molar-refractivity contribution in [2.45, 2.75) is 51.6 Å². The minimum Gasteiger partial charge on any atom is -0.338 e. The molecule has 21 heavy (non-hydrogen) atoms. The Morgan fingerprint density at radius 3 is 2.67 bits per heavy atom. The maximum atomic E-state index is 12.4. The maximum Gasteiger partial charge on any atom is 0.287 e. The Morgan fingerprint density at radius 1 is 1.38 bits per heavy atom. The van der Waals surface area contributed by atoms with Gasteiger partial charge in [0, 0.05) is 12.6 Å². The second kappa shape index (κ2) is 7.27. The first kappa shape index (κ1) is 16.3. The van der Waals surface area contributed by atoms with Crippen LogP contribution in [0.15, 0.2) is 11.0 Å². The van der Waals surface area contributed by atoms with Crippen LogP contribution >= 0.6 is 23.2 Å². The molecule has 0 N–H and O–H groups in total. The number of aromatic nitrogens is 2. The summed E-state index contributed by atoms with van der Waals surface area (Å²) in [4.78, 5) is 26.2. The molecule has 0 aliphatic heterocycles. The van der Waals surface area contributed by atoms with Crippen molar-refractivity contribution < 1.29 is 4.79 Å². The predicted octanol–water partition coefficient (Wildman–Crippen LogP) is 2.73. The van der Waals surface area contributed by atoms with Crippen LogP contribution < -0.4 is 5.56 Å². The lowest BCUT2D eigenvalue weighted by Crippen LogP contribution is -2.44. The first-order chi connectivity index (χ1) is 10.0. The number of hydrogen-bond donors (Lipinski definition) is 0. The van der Waals surface area contributed by atoms with Crippen molar-refractivity contribution >= 4 is 29.1 Å². The molecule has 1 aromatic heterocycles. The Hall–Kier alpha value is -1.07. The second-order valence-corrected chi connectivity index (χ2v) is 6.03. The topological polar surface area (TPSA) is 55.2 Å². The van der Waals surface area contributed by atoms with E-state index >= 15 is 0 Å². The van der Waals surface area contributed by atoms with Gasteiger partial charge >= 0.3 is 0 Å². The van der Waals surface area contributed by atoms with Crippen LogP contribution in [0.2, 0.25) is 10.0 Å². The molecule has 7 heteroatoms. The summed E-state index contributed by atoms with van der Waals surface area (Å²) in [5.74, 6) is -0.0996. The molecule has 0 saturated heterocycles. The summed E-state index contributed by atoms with van der Waals surface area (Å²) in [7, 11) is 0. The maximum absolute atomic E-state index is 12.4. The van der Waals surface area contributed by atoms with Gasteiger partial charge in [0.1, 0.15) is 11.6 Å². The fraction of sp³-hybridized carbons (Fsp3) is 0.643. The molecule has 0 bridgehead atoms. The summed E-state index contributed by atoms with van der Waals surface area (Å²) >= 11 is 11.5. The lowest BCUT2D eigenvalue weighted by Gasteiger charge is -2.33. The molecule has 0 radical (unpaired) electrons. The van der Waals surface area contributed by atoms with Gasteiger partial charge in [0.2, 0.25) is 5.91 Å². The molecular formula is C14H19Cl2N3O2. The summed E-state index contributed by atoms with van der Waals surface area (Å²) in [6, 6.07) is 0.273. The van der Waals surface area contributed by atoms with Crippen LogP contribution in [0.5, 0.6) is 0 Å². The Kier molecular flexibility index (Phi) is 5.65. The molecule has 0 atom stereocenters. The van der Waals surface area contributed by atoms with E-state index in [2.05, 4.69) is 5.10 Å². The van der Waals surface area contributed by atoms with Crippen LogP contribution in [0.3, 0.4) is 0 Å². The molecule has 1 aliphatic carbocycles. The summed E-state index contributed by atoms with van der Waals surface area (Å²) in [5.41, 5.74) is -0.530. The standard InChI is InChI=1S/C14H19Cl2N3O2/c1-2-18(10-6-4-3-5-7-10)12(20)9-19-14(21)13(16)11(15)8-17-19/h8,10H,2-7,9H2,1H3. The van der Waals surface area contributed by atoms with Crippen LogP contribution in [-0.2, 0) is 11.3 Å². The summed E-state index contributed by atoms with van der Waals surface area (Å²) in [6.07, 6.45) is 6.89. The van der Waals surface area contributed by atoms with E-state index in [0.717, 1.165) is 30.4 Å². The first-order valence-electron chi connectivity index (χ1n) is 7.25. The van der Waals surface area contributed by atoms with Gasteiger partial charge in [-0.3, -0.25) is 9.59 Å². The lowest BCUT2D eigenvalue weighted by molar-refractivity contribution is -0.134. The van der Waals surface area contributed by atoms with E-state index in [4.69, 9.17) is 23.2 Å². The SMILES string of the molecule is CCN(C(=O)Cn1ncc(Cl)c(Cl)c1=O)C1CCCCC1. The number of halogens is 2. The summed E-state index contributed by atoms with van der Waals surface area (Å²) in [6.45, 7) is 2.50. The highest BCUT2D eigenvalue weighted by Gasteiger charge is 2.24. The van der Waals surface area contributed by atoms with E-state index in [1.807, 2.05) is 11.8 Å². The highest BCUT2D eigenvalue weighted by Crippen LogP contribution is 2.22. The van der Waals surface area contributed by atoms with Crippen LogP contribution in [0.25, 0.3) is 0 Å². The molecule has 1 amide bonds. The third-order valence-corrected chi connectivity index (χ3v) is 4.65. The number of amides is 1. The van der Waals surface area contributed by atoms with Crippen LogP contribution in [-0.4, -0.2) is 33.2 Å². The monoisotopic (exact) mass is 331 g/mol. The lowest BCUT2D eigenvalue weighted by atomic mass is 9.94. The van der Waals surface area contributed by atoms with Gasteiger partial charge in [-0.1, -0.05) is 42.5 Å². The van der Waals surface area contributed by atoms with Gasteiger partial charge in [-0.25, -0.2) is 4.68 Å². The zero-order chi connectivity index (χ0) is 15.4. The Balaban J connectivity index is 2.12. The fourth-order valence-electron chi connectivity index (χ4n) is 2.81. The Labute approximate surface area is 133 Å². The highest BCUT2D eigenvalue weighted by molar-refractivity contribution is 6.41. The summed E-state index contributed by atoms with van der Waals surface area (Å²) < 4.78 is 1.07. The average molecular weight is 332 g/mol. The van der Waals surface area contributed by atoms with Gasteiger partial charge in [-0.15, -0.1) is 0 Å². The molecule has 1 heterocycles. The first-order valence-corrected chi connectivity index (χ1v) is 8.00. The van der Waals surface area contributed by atoms with E-state index in [0.29, 0.717) is 6.54 Å². The van der Waals surface area contributed by atoms with E-state index in [1.165, 1.54) is 12.6 Å². The van der Waals surface area contributed by atoms with Crippen molar-refractivity contribution in [1.29, 1.82) is 0 Å². The van der Waals surface area contributed by atoms with Crippen LogP contribution in [0.4, 0.5) is 0 Å². The Morgan fingerprint density at radius 2 is 2.05 bits per heavy atom. The molecule has 1 fully saturated rings. The van der Waals surface area contributed by atoms with Crippen LogP contribution in [0.1, 0.15) is 39.0 Å². The van der Waals surface area contributed by atoms with Crippen molar-refractivity contribution in [3.63, 3.8) is 0 Å².